The molecule has 0 aliphatic heterocycles. The Morgan fingerprint density at radius 1 is 0.696 bits per heavy atom. The van der Waals surface area contributed by atoms with Gasteiger partial charge in [-0.1, -0.05) is 26.0 Å². The minimum Gasteiger partial charge on any atom is -0.504 e. The van der Waals surface area contributed by atoms with Gasteiger partial charge in [-0.3, -0.25) is 0 Å². The van der Waals surface area contributed by atoms with Crippen molar-refractivity contribution in [2.45, 2.75) is 19.3 Å². The Labute approximate surface area is 134 Å². The molecule has 2 rings (SSSR count). The molecule has 0 radical (unpaired) electrons. The van der Waals surface area contributed by atoms with E-state index >= 15 is 0 Å². The van der Waals surface area contributed by atoms with E-state index in [1.54, 1.807) is 26.0 Å². The summed E-state index contributed by atoms with van der Waals surface area (Å²) in [4.78, 5) is 0. The molecule has 0 aliphatic carbocycles. The summed E-state index contributed by atoms with van der Waals surface area (Å²) >= 11 is 0. The number of phenolic OH excluding ortho intramolecular Hbond substituents is 4. The molecule has 0 aromatic heterocycles. The lowest BCUT2D eigenvalue weighted by atomic mass is 9.77. The lowest BCUT2D eigenvalue weighted by molar-refractivity contribution is 0.333. The summed E-state index contributed by atoms with van der Waals surface area (Å²) < 4.78 is 10.0. The van der Waals surface area contributed by atoms with E-state index in [4.69, 9.17) is 9.47 Å². The predicted molar refractivity (Wildman–Crippen MR) is 84.8 cm³/mol. The van der Waals surface area contributed by atoms with Gasteiger partial charge in [-0.25, -0.2) is 0 Å². The number of benzene rings is 2. The molecule has 0 spiro atoms. The van der Waals surface area contributed by atoms with E-state index in [0.29, 0.717) is 11.1 Å². The van der Waals surface area contributed by atoms with Crippen LogP contribution < -0.4 is 9.47 Å². The third-order valence-electron chi connectivity index (χ3n) is 3.98. The Morgan fingerprint density at radius 3 is 1.35 bits per heavy atom. The lowest BCUT2D eigenvalue weighted by Gasteiger charge is -2.29. The molecule has 0 saturated carbocycles. The van der Waals surface area contributed by atoms with Gasteiger partial charge < -0.3 is 29.9 Å². The van der Waals surface area contributed by atoms with Crippen LogP contribution in [-0.2, 0) is 5.41 Å². The smallest absolute Gasteiger partial charge is 0.203 e. The normalized spacial score (nSPS) is 11.3. The summed E-state index contributed by atoms with van der Waals surface area (Å²) in [5.41, 5.74) is 0.0289. The van der Waals surface area contributed by atoms with Gasteiger partial charge in [-0.2, -0.15) is 0 Å². The van der Waals surface area contributed by atoms with Crippen LogP contribution in [0.1, 0.15) is 25.0 Å². The van der Waals surface area contributed by atoms with E-state index in [1.165, 1.54) is 26.4 Å². The highest BCUT2D eigenvalue weighted by molar-refractivity contribution is 5.63. The number of aromatic hydroxyl groups is 4. The summed E-state index contributed by atoms with van der Waals surface area (Å²) in [5.74, 6) is -0.886. The third kappa shape index (κ3) is 2.56. The van der Waals surface area contributed by atoms with Crippen LogP contribution in [0.3, 0.4) is 0 Å². The van der Waals surface area contributed by atoms with Crippen LogP contribution in [0.25, 0.3) is 0 Å². The van der Waals surface area contributed by atoms with Gasteiger partial charge in [0.15, 0.2) is 23.0 Å². The van der Waals surface area contributed by atoms with Crippen molar-refractivity contribution in [2.24, 2.45) is 0 Å². The number of hydrogen-bond donors (Lipinski definition) is 4. The highest BCUT2D eigenvalue weighted by Crippen LogP contribution is 2.50. The zero-order chi connectivity index (χ0) is 17.4. The Morgan fingerprint density at radius 2 is 1.04 bits per heavy atom. The second-order valence-electron chi connectivity index (χ2n) is 5.65. The molecular weight excluding hydrogens is 300 g/mol. The van der Waals surface area contributed by atoms with Crippen molar-refractivity contribution in [3.8, 4) is 34.5 Å². The first kappa shape index (κ1) is 16.6. The van der Waals surface area contributed by atoms with Crippen LogP contribution in [0.2, 0.25) is 0 Å². The van der Waals surface area contributed by atoms with Crippen LogP contribution >= 0.6 is 0 Å². The summed E-state index contributed by atoms with van der Waals surface area (Å²) in [6, 6.07) is 5.91. The van der Waals surface area contributed by atoms with Crippen molar-refractivity contribution in [1.29, 1.82) is 0 Å². The van der Waals surface area contributed by atoms with Gasteiger partial charge >= 0.3 is 0 Å². The monoisotopic (exact) mass is 320 g/mol. The first-order chi connectivity index (χ1) is 10.8. The van der Waals surface area contributed by atoms with E-state index in [0.717, 1.165) is 0 Å². The number of phenols is 4. The zero-order valence-electron chi connectivity index (χ0n) is 13.4. The lowest BCUT2D eigenvalue weighted by Crippen LogP contribution is -2.19. The fourth-order valence-electron chi connectivity index (χ4n) is 2.68. The van der Waals surface area contributed by atoms with E-state index in [-0.39, 0.29) is 34.5 Å². The molecular formula is C17H20O6. The van der Waals surface area contributed by atoms with Crippen molar-refractivity contribution in [3.05, 3.63) is 35.4 Å². The van der Waals surface area contributed by atoms with Crippen molar-refractivity contribution in [2.75, 3.05) is 14.2 Å². The molecule has 0 heterocycles. The Kier molecular flexibility index (Phi) is 4.18. The van der Waals surface area contributed by atoms with Crippen LogP contribution in [0.15, 0.2) is 24.3 Å². The fraction of sp³-hybridized carbons (Fsp3) is 0.294. The molecule has 2 aromatic rings. The van der Waals surface area contributed by atoms with E-state index < -0.39 is 5.41 Å². The van der Waals surface area contributed by atoms with Crippen molar-refractivity contribution >= 4 is 0 Å². The highest BCUT2D eigenvalue weighted by Gasteiger charge is 2.33. The van der Waals surface area contributed by atoms with E-state index in [1.807, 2.05) is 0 Å². The van der Waals surface area contributed by atoms with E-state index in [2.05, 4.69) is 0 Å². The molecule has 2 aromatic carbocycles. The highest BCUT2D eigenvalue weighted by atomic mass is 16.5. The fourth-order valence-corrected chi connectivity index (χ4v) is 2.68. The van der Waals surface area contributed by atoms with Gasteiger partial charge in [-0.05, 0) is 12.1 Å². The summed E-state index contributed by atoms with van der Waals surface area (Å²) in [5, 5.41) is 40.3. The summed E-state index contributed by atoms with van der Waals surface area (Å²) in [6.07, 6.45) is 0. The molecule has 4 N–H and O–H groups in total. The van der Waals surface area contributed by atoms with E-state index in [9.17, 15) is 20.4 Å². The number of methoxy groups -OCH3 is 2. The molecule has 0 atom stereocenters. The Bertz CT molecular complexity index is 675. The Hall–Kier alpha value is -2.76. The summed E-state index contributed by atoms with van der Waals surface area (Å²) in [7, 11) is 2.68. The number of ether oxygens (including phenoxy) is 2. The maximum absolute atomic E-state index is 10.4. The van der Waals surface area contributed by atoms with Crippen molar-refractivity contribution in [3.63, 3.8) is 0 Å². The molecule has 0 unspecified atom stereocenters. The van der Waals surface area contributed by atoms with Crippen LogP contribution in [-0.4, -0.2) is 34.6 Å². The van der Waals surface area contributed by atoms with Crippen LogP contribution in [0.5, 0.6) is 34.5 Å². The van der Waals surface area contributed by atoms with Gasteiger partial charge in [0, 0.05) is 16.5 Å². The first-order valence-corrected chi connectivity index (χ1v) is 6.94. The second kappa shape index (κ2) is 5.79. The number of rotatable bonds is 4. The van der Waals surface area contributed by atoms with Gasteiger partial charge in [-0.15, -0.1) is 0 Å². The molecule has 0 saturated heterocycles. The minimum absolute atomic E-state index is 0.0409. The molecule has 0 bridgehead atoms. The minimum atomic E-state index is -0.851. The first-order valence-electron chi connectivity index (χ1n) is 6.94. The molecule has 124 valence electrons. The standard InChI is InChI=1S/C17H20O6/c1-17(2,9-5-7-11(18)15(22-3)13(9)20)10-6-8-12(19)16(23-4)14(10)21/h5-8,18-21H,1-4H3. The van der Waals surface area contributed by atoms with Crippen molar-refractivity contribution < 1.29 is 29.9 Å². The maximum atomic E-state index is 10.4. The topological polar surface area (TPSA) is 99.4 Å². The molecule has 0 fully saturated rings. The molecule has 23 heavy (non-hydrogen) atoms. The van der Waals surface area contributed by atoms with Crippen molar-refractivity contribution in [1.82, 2.24) is 0 Å². The molecule has 0 aliphatic rings. The molecule has 6 heteroatoms. The quantitative estimate of drug-likeness (QED) is 0.691. The SMILES string of the molecule is COc1c(O)ccc(C(C)(C)c2ccc(O)c(OC)c2O)c1O. The molecule has 6 nitrogen and oxygen atoms in total. The third-order valence-corrected chi connectivity index (χ3v) is 3.98. The number of hydrogen-bond acceptors (Lipinski definition) is 6. The average Bonchev–Trinajstić information content (AvgIpc) is 2.47. The van der Waals surface area contributed by atoms with Crippen LogP contribution in [0.4, 0.5) is 0 Å². The summed E-state index contributed by atoms with van der Waals surface area (Å²) in [6.45, 7) is 3.56. The van der Waals surface area contributed by atoms with Gasteiger partial charge in [0.2, 0.25) is 11.5 Å². The molecule has 0 amide bonds. The van der Waals surface area contributed by atoms with Gasteiger partial charge in [0.05, 0.1) is 14.2 Å². The zero-order valence-corrected chi connectivity index (χ0v) is 13.4. The second-order valence-corrected chi connectivity index (χ2v) is 5.65. The largest absolute Gasteiger partial charge is 0.504 e. The Balaban J connectivity index is 2.69. The van der Waals surface area contributed by atoms with Gasteiger partial charge in [0.25, 0.3) is 0 Å². The predicted octanol–water partition coefficient (Wildman–Crippen LogP) is 2.85. The van der Waals surface area contributed by atoms with Gasteiger partial charge in [0.1, 0.15) is 0 Å². The maximum Gasteiger partial charge on any atom is 0.203 e. The average molecular weight is 320 g/mol. The van der Waals surface area contributed by atoms with Crippen LogP contribution in [0, 0.1) is 0 Å².